The Bertz CT molecular complexity index is 698. The Morgan fingerprint density at radius 3 is 2.54 bits per heavy atom. The topological polar surface area (TPSA) is 45.2 Å². The molecule has 0 N–H and O–H groups in total. The number of piperidine rings is 1. The highest BCUT2D eigenvalue weighted by Gasteiger charge is 2.43. The van der Waals surface area contributed by atoms with Gasteiger partial charge in [-0.2, -0.15) is 0 Å². The van der Waals surface area contributed by atoms with Crippen LogP contribution in [0.5, 0.6) is 0 Å². The molecule has 2 fully saturated rings. The zero-order valence-corrected chi connectivity index (χ0v) is 16.3. The molecule has 4 heterocycles. The predicted molar refractivity (Wildman–Crippen MR) is 106 cm³/mol. The lowest BCUT2D eigenvalue weighted by Crippen LogP contribution is -2.52. The summed E-state index contributed by atoms with van der Waals surface area (Å²) in [7, 11) is 0. The standard InChI is InChI=1S/C20H27N5S/c1-2-26-19-22-14-17(15-23-19)16-25-11-5-7-20(25)8-12-24(13-9-20)18-6-3-4-10-21-18/h3-4,6,10,14-15H,2,5,7-9,11-13,16H2,1H3. The van der Waals surface area contributed by atoms with Crippen molar-refractivity contribution in [3.05, 3.63) is 42.4 Å². The van der Waals surface area contributed by atoms with E-state index in [0.717, 1.165) is 36.4 Å². The quantitative estimate of drug-likeness (QED) is 0.592. The number of nitrogens with zero attached hydrogens (tertiary/aromatic N) is 5. The number of anilines is 1. The van der Waals surface area contributed by atoms with E-state index in [9.17, 15) is 0 Å². The molecule has 2 aliphatic rings. The zero-order chi connectivity index (χ0) is 17.8. The smallest absolute Gasteiger partial charge is 0.187 e. The summed E-state index contributed by atoms with van der Waals surface area (Å²) >= 11 is 1.70. The number of hydrogen-bond donors (Lipinski definition) is 0. The average molecular weight is 370 g/mol. The molecule has 5 nitrogen and oxygen atoms in total. The number of thioether (sulfide) groups is 1. The van der Waals surface area contributed by atoms with Crippen molar-refractivity contribution in [2.45, 2.75) is 49.8 Å². The third-order valence-corrected chi connectivity index (χ3v) is 6.49. The van der Waals surface area contributed by atoms with E-state index in [0.29, 0.717) is 5.54 Å². The maximum atomic E-state index is 4.52. The third kappa shape index (κ3) is 3.71. The van der Waals surface area contributed by atoms with Crippen molar-refractivity contribution in [2.75, 3.05) is 30.3 Å². The summed E-state index contributed by atoms with van der Waals surface area (Å²) in [5.74, 6) is 2.13. The van der Waals surface area contributed by atoms with Crippen molar-refractivity contribution in [3.8, 4) is 0 Å². The first kappa shape index (κ1) is 17.7. The summed E-state index contributed by atoms with van der Waals surface area (Å²) in [6.07, 6.45) is 11.0. The minimum absolute atomic E-state index is 0.349. The van der Waals surface area contributed by atoms with Gasteiger partial charge in [0, 0.05) is 49.3 Å². The summed E-state index contributed by atoms with van der Waals surface area (Å²) in [6, 6.07) is 6.19. The summed E-state index contributed by atoms with van der Waals surface area (Å²) in [6.45, 7) is 6.48. The van der Waals surface area contributed by atoms with Gasteiger partial charge >= 0.3 is 0 Å². The van der Waals surface area contributed by atoms with E-state index in [1.165, 1.54) is 37.8 Å². The molecule has 1 spiro atoms. The fourth-order valence-corrected chi connectivity index (χ4v) is 4.86. The second kappa shape index (κ2) is 7.92. The van der Waals surface area contributed by atoms with E-state index in [4.69, 9.17) is 0 Å². The molecule has 26 heavy (non-hydrogen) atoms. The van der Waals surface area contributed by atoms with Gasteiger partial charge in [0.2, 0.25) is 0 Å². The van der Waals surface area contributed by atoms with Gasteiger partial charge in [-0.05, 0) is 50.1 Å². The SMILES string of the molecule is CCSc1ncc(CN2CCCC23CCN(c2ccccn2)CC3)cn1. The lowest BCUT2D eigenvalue weighted by molar-refractivity contribution is 0.0994. The van der Waals surface area contributed by atoms with Crippen LogP contribution in [0, 0.1) is 0 Å². The lowest BCUT2D eigenvalue weighted by Gasteiger charge is -2.45. The molecule has 6 heteroatoms. The minimum Gasteiger partial charge on any atom is -0.356 e. The van der Waals surface area contributed by atoms with Crippen molar-refractivity contribution in [1.82, 2.24) is 19.9 Å². The molecule has 0 radical (unpaired) electrons. The Hall–Kier alpha value is -1.66. The van der Waals surface area contributed by atoms with Crippen molar-refractivity contribution in [1.29, 1.82) is 0 Å². The number of aromatic nitrogens is 3. The Morgan fingerprint density at radius 1 is 1.04 bits per heavy atom. The number of pyridine rings is 1. The first-order valence-electron chi connectivity index (χ1n) is 9.64. The molecule has 2 aliphatic heterocycles. The highest BCUT2D eigenvalue weighted by atomic mass is 32.2. The van der Waals surface area contributed by atoms with Crippen LogP contribution < -0.4 is 4.90 Å². The van der Waals surface area contributed by atoms with Crippen LogP contribution >= 0.6 is 11.8 Å². The lowest BCUT2D eigenvalue weighted by atomic mass is 9.84. The van der Waals surface area contributed by atoms with E-state index in [-0.39, 0.29) is 0 Å². The normalized spacial score (nSPS) is 20.0. The van der Waals surface area contributed by atoms with Gasteiger partial charge in [-0.3, -0.25) is 4.90 Å². The number of likely N-dealkylation sites (tertiary alicyclic amines) is 1. The molecule has 0 saturated carbocycles. The van der Waals surface area contributed by atoms with Gasteiger partial charge < -0.3 is 4.90 Å². The molecule has 4 rings (SSSR count). The number of rotatable bonds is 5. The molecule has 2 aromatic heterocycles. The fraction of sp³-hybridized carbons (Fsp3) is 0.550. The number of hydrogen-bond acceptors (Lipinski definition) is 6. The second-order valence-electron chi connectivity index (χ2n) is 7.23. The zero-order valence-electron chi connectivity index (χ0n) is 15.5. The molecular weight excluding hydrogens is 342 g/mol. The highest BCUT2D eigenvalue weighted by Crippen LogP contribution is 2.40. The second-order valence-corrected chi connectivity index (χ2v) is 8.46. The maximum Gasteiger partial charge on any atom is 0.187 e. The van der Waals surface area contributed by atoms with Crippen LogP contribution in [0.2, 0.25) is 0 Å². The first-order chi connectivity index (χ1) is 12.8. The van der Waals surface area contributed by atoms with E-state index in [2.05, 4.69) is 43.8 Å². The highest BCUT2D eigenvalue weighted by molar-refractivity contribution is 7.99. The summed E-state index contributed by atoms with van der Waals surface area (Å²) < 4.78 is 0. The van der Waals surface area contributed by atoms with Crippen molar-refractivity contribution >= 4 is 17.6 Å². The predicted octanol–water partition coefficient (Wildman–Crippen LogP) is 3.62. The van der Waals surface area contributed by atoms with Gasteiger partial charge in [-0.15, -0.1) is 0 Å². The summed E-state index contributed by atoms with van der Waals surface area (Å²) in [5.41, 5.74) is 1.58. The van der Waals surface area contributed by atoms with E-state index in [1.54, 1.807) is 11.8 Å². The summed E-state index contributed by atoms with van der Waals surface area (Å²) in [4.78, 5) is 18.7. The third-order valence-electron chi connectivity index (χ3n) is 5.74. The van der Waals surface area contributed by atoms with Gasteiger partial charge in [0.25, 0.3) is 0 Å². The minimum atomic E-state index is 0.349. The van der Waals surface area contributed by atoms with E-state index >= 15 is 0 Å². The molecule has 0 bridgehead atoms. The van der Waals surface area contributed by atoms with Gasteiger partial charge in [0.15, 0.2) is 5.16 Å². The Labute approximate surface area is 160 Å². The fourth-order valence-electron chi connectivity index (χ4n) is 4.35. The molecule has 0 aromatic carbocycles. The van der Waals surface area contributed by atoms with Gasteiger partial charge in [-0.25, -0.2) is 15.0 Å². The average Bonchev–Trinajstić information content (AvgIpc) is 3.06. The molecule has 0 aliphatic carbocycles. The van der Waals surface area contributed by atoms with Gasteiger partial charge in [0.1, 0.15) is 5.82 Å². The van der Waals surface area contributed by atoms with Crippen LogP contribution in [0.1, 0.15) is 38.2 Å². The Kier molecular flexibility index (Phi) is 5.41. The van der Waals surface area contributed by atoms with Crippen molar-refractivity contribution in [3.63, 3.8) is 0 Å². The maximum absolute atomic E-state index is 4.52. The molecule has 2 saturated heterocycles. The van der Waals surface area contributed by atoms with Crippen LogP contribution in [0.25, 0.3) is 0 Å². The first-order valence-corrected chi connectivity index (χ1v) is 10.6. The largest absolute Gasteiger partial charge is 0.356 e. The van der Waals surface area contributed by atoms with Crippen LogP contribution in [0.4, 0.5) is 5.82 Å². The van der Waals surface area contributed by atoms with Crippen molar-refractivity contribution in [2.24, 2.45) is 0 Å². The molecule has 2 aromatic rings. The van der Waals surface area contributed by atoms with Crippen LogP contribution in [-0.2, 0) is 6.54 Å². The summed E-state index contributed by atoms with van der Waals surface area (Å²) in [5, 5.41) is 0.885. The Morgan fingerprint density at radius 2 is 1.85 bits per heavy atom. The Balaban J connectivity index is 1.40. The van der Waals surface area contributed by atoms with Crippen molar-refractivity contribution < 1.29 is 0 Å². The molecular formula is C20H27N5S. The van der Waals surface area contributed by atoms with Crippen LogP contribution in [0.15, 0.2) is 41.9 Å². The molecule has 0 unspecified atom stereocenters. The van der Waals surface area contributed by atoms with Gasteiger partial charge in [-0.1, -0.05) is 24.8 Å². The van der Waals surface area contributed by atoms with E-state index in [1.807, 2.05) is 24.7 Å². The molecule has 0 amide bonds. The van der Waals surface area contributed by atoms with Crippen LogP contribution in [0.3, 0.4) is 0 Å². The van der Waals surface area contributed by atoms with E-state index < -0.39 is 0 Å². The molecule has 0 atom stereocenters. The van der Waals surface area contributed by atoms with Crippen LogP contribution in [-0.4, -0.2) is 50.8 Å². The monoisotopic (exact) mass is 369 g/mol. The molecule has 138 valence electrons. The van der Waals surface area contributed by atoms with Gasteiger partial charge in [0.05, 0.1) is 0 Å².